The predicted octanol–water partition coefficient (Wildman–Crippen LogP) is 2.68. The van der Waals surface area contributed by atoms with E-state index < -0.39 is 5.60 Å². The average molecular weight is 261 g/mol. The number of carbonyl (C=O) groups is 1. The van der Waals surface area contributed by atoms with Crippen molar-refractivity contribution < 1.29 is 9.90 Å². The van der Waals surface area contributed by atoms with Crippen LogP contribution in [0.15, 0.2) is 18.2 Å². The fourth-order valence-electron chi connectivity index (χ4n) is 2.88. The van der Waals surface area contributed by atoms with Gasteiger partial charge in [-0.3, -0.25) is 4.79 Å². The van der Waals surface area contributed by atoms with Gasteiger partial charge in [0.25, 0.3) is 5.91 Å². The normalized spacial score (nSPS) is 17.5. The van der Waals surface area contributed by atoms with Gasteiger partial charge in [-0.2, -0.15) is 0 Å². The Morgan fingerprint density at radius 2 is 1.95 bits per heavy atom. The third kappa shape index (κ3) is 3.16. The lowest BCUT2D eigenvalue weighted by Gasteiger charge is -2.29. The minimum atomic E-state index is -0.678. The van der Waals surface area contributed by atoms with Gasteiger partial charge in [0, 0.05) is 19.2 Å². The standard InChI is InChI=1S/C16H23NO2/c1-12-6-7-13(2)14(10-12)15(18)17(3)11-16(19)8-4-5-9-16/h6-7,10,19H,4-5,8-9,11H2,1-3H3. The van der Waals surface area contributed by atoms with E-state index in [-0.39, 0.29) is 5.91 Å². The Morgan fingerprint density at radius 1 is 1.32 bits per heavy atom. The molecule has 1 aliphatic carbocycles. The summed E-state index contributed by atoms with van der Waals surface area (Å²) in [6, 6.07) is 5.91. The number of aliphatic hydroxyl groups is 1. The highest BCUT2D eigenvalue weighted by atomic mass is 16.3. The van der Waals surface area contributed by atoms with E-state index in [1.165, 1.54) is 0 Å². The smallest absolute Gasteiger partial charge is 0.253 e. The second kappa shape index (κ2) is 5.33. The highest BCUT2D eigenvalue weighted by Crippen LogP contribution is 2.30. The molecule has 1 amide bonds. The molecule has 0 atom stereocenters. The van der Waals surface area contributed by atoms with Crippen molar-refractivity contribution in [1.82, 2.24) is 4.90 Å². The van der Waals surface area contributed by atoms with Gasteiger partial charge in [-0.1, -0.05) is 30.5 Å². The molecule has 0 radical (unpaired) electrons. The molecule has 1 fully saturated rings. The molecule has 3 nitrogen and oxygen atoms in total. The molecule has 0 aromatic heterocycles. The first kappa shape index (κ1) is 14.1. The molecule has 1 aromatic carbocycles. The van der Waals surface area contributed by atoms with E-state index in [0.717, 1.165) is 42.4 Å². The van der Waals surface area contributed by atoms with E-state index in [9.17, 15) is 9.90 Å². The summed E-state index contributed by atoms with van der Waals surface area (Å²) in [6.07, 6.45) is 3.72. The molecule has 0 heterocycles. The summed E-state index contributed by atoms with van der Waals surface area (Å²) in [7, 11) is 1.78. The summed E-state index contributed by atoms with van der Waals surface area (Å²) in [5.41, 5.74) is 2.13. The van der Waals surface area contributed by atoms with E-state index in [2.05, 4.69) is 0 Å². The fourth-order valence-corrected chi connectivity index (χ4v) is 2.88. The van der Waals surface area contributed by atoms with Crippen molar-refractivity contribution in [3.8, 4) is 0 Å². The van der Waals surface area contributed by atoms with Crippen molar-refractivity contribution in [3.63, 3.8) is 0 Å². The highest BCUT2D eigenvalue weighted by Gasteiger charge is 2.33. The zero-order valence-corrected chi connectivity index (χ0v) is 12.1. The van der Waals surface area contributed by atoms with Gasteiger partial charge >= 0.3 is 0 Å². The Balaban J connectivity index is 2.12. The van der Waals surface area contributed by atoms with Crippen LogP contribution in [0.1, 0.15) is 47.2 Å². The van der Waals surface area contributed by atoms with E-state index in [0.29, 0.717) is 6.54 Å². The molecule has 0 aliphatic heterocycles. The Bertz CT molecular complexity index is 476. The number of hydrogen-bond donors (Lipinski definition) is 1. The van der Waals surface area contributed by atoms with Crippen molar-refractivity contribution >= 4 is 5.91 Å². The molecule has 0 spiro atoms. The number of likely N-dealkylation sites (N-methyl/N-ethyl adjacent to an activating group) is 1. The molecule has 0 bridgehead atoms. The van der Waals surface area contributed by atoms with Gasteiger partial charge in [0.1, 0.15) is 0 Å². The van der Waals surface area contributed by atoms with E-state index >= 15 is 0 Å². The lowest BCUT2D eigenvalue weighted by molar-refractivity contribution is 0.0156. The van der Waals surface area contributed by atoms with Crippen LogP contribution in [0.3, 0.4) is 0 Å². The molecule has 1 aliphatic rings. The Labute approximate surface area is 115 Å². The first-order valence-electron chi connectivity index (χ1n) is 6.96. The Morgan fingerprint density at radius 3 is 2.58 bits per heavy atom. The van der Waals surface area contributed by atoms with Gasteiger partial charge in [-0.25, -0.2) is 0 Å². The van der Waals surface area contributed by atoms with Crippen molar-refractivity contribution in [2.24, 2.45) is 0 Å². The van der Waals surface area contributed by atoms with Crippen LogP contribution < -0.4 is 0 Å². The molecule has 1 aromatic rings. The number of amides is 1. The lowest BCUT2D eigenvalue weighted by Crippen LogP contribution is -2.42. The molecular weight excluding hydrogens is 238 g/mol. The zero-order valence-electron chi connectivity index (χ0n) is 12.1. The molecule has 0 saturated heterocycles. The van der Waals surface area contributed by atoms with Gasteiger partial charge in [-0.15, -0.1) is 0 Å². The summed E-state index contributed by atoms with van der Waals surface area (Å²) in [5.74, 6) is 0.00141. The molecule has 1 N–H and O–H groups in total. The summed E-state index contributed by atoms with van der Waals surface area (Å²) in [6.45, 7) is 4.37. The van der Waals surface area contributed by atoms with Crippen LogP contribution in [0.5, 0.6) is 0 Å². The second-order valence-corrected chi connectivity index (χ2v) is 5.91. The van der Waals surface area contributed by atoms with Crippen LogP contribution in [-0.4, -0.2) is 35.1 Å². The third-order valence-electron chi connectivity index (χ3n) is 4.04. The van der Waals surface area contributed by atoms with Crippen molar-refractivity contribution in [2.45, 2.75) is 45.1 Å². The van der Waals surface area contributed by atoms with Crippen LogP contribution in [-0.2, 0) is 0 Å². The maximum absolute atomic E-state index is 12.5. The van der Waals surface area contributed by atoms with E-state index in [4.69, 9.17) is 0 Å². The van der Waals surface area contributed by atoms with Gasteiger partial charge < -0.3 is 10.0 Å². The van der Waals surface area contributed by atoms with Crippen molar-refractivity contribution in [2.75, 3.05) is 13.6 Å². The predicted molar refractivity (Wildman–Crippen MR) is 76.3 cm³/mol. The first-order chi connectivity index (χ1) is 8.91. The van der Waals surface area contributed by atoms with E-state index in [1.54, 1.807) is 11.9 Å². The second-order valence-electron chi connectivity index (χ2n) is 5.91. The number of nitrogens with zero attached hydrogens (tertiary/aromatic N) is 1. The first-order valence-corrected chi connectivity index (χ1v) is 6.96. The van der Waals surface area contributed by atoms with Gasteiger partial charge in [0.15, 0.2) is 0 Å². The summed E-state index contributed by atoms with van der Waals surface area (Å²) < 4.78 is 0. The van der Waals surface area contributed by atoms with Gasteiger partial charge in [0.05, 0.1) is 5.60 Å². The monoisotopic (exact) mass is 261 g/mol. The Hall–Kier alpha value is -1.35. The van der Waals surface area contributed by atoms with Crippen molar-refractivity contribution in [3.05, 3.63) is 34.9 Å². The minimum Gasteiger partial charge on any atom is -0.388 e. The number of hydrogen-bond acceptors (Lipinski definition) is 2. The number of rotatable bonds is 3. The Kier molecular flexibility index (Phi) is 3.95. The van der Waals surface area contributed by atoms with Crippen LogP contribution >= 0.6 is 0 Å². The number of aryl methyl sites for hydroxylation is 2. The maximum Gasteiger partial charge on any atom is 0.253 e. The SMILES string of the molecule is Cc1ccc(C)c(C(=O)N(C)CC2(O)CCCC2)c1. The summed E-state index contributed by atoms with van der Waals surface area (Å²) in [4.78, 5) is 14.1. The average Bonchev–Trinajstić information content (AvgIpc) is 2.78. The molecular formula is C16H23NO2. The maximum atomic E-state index is 12.5. The molecule has 3 heteroatoms. The van der Waals surface area contributed by atoms with E-state index in [1.807, 2.05) is 32.0 Å². The number of carbonyl (C=O) groups excluding carboxylic acids is 1. The minimum absolute atomic E-state index is 0.00141. The van der Waals surface area contributed by atoms with Crippen LogP contribution in [0.25, 0.3) is 0 Å². The quantitative estimate of drug-likeness (QED) is 0.908. The lowest BCUT2D eigenvalue weighted by atomic mass is 10.0. The van der Waals surface area contributed by atoms with Crippen LogP contribution in [0, 0.1) is 13.8 Å². The number of benzene rings is 1. The molecule has 19 heavy (non-hydrogen) atoms. The fraction of sp³-hybridized carbons (Fsp3) is 0.562. The molecule has 2 rings (SSSR count). The van der Waals surface area contributed by atoms with Crippen LogP contribution in [0.2, 0.25) is 0 Å². The third-order valence-corrected chi connectivity index (χ3v) is 4.04. The van der Waals surface area contributed by atoms with Crippen LogP contribution in [0.4, 0.5) is 0 Å². The molecule has 0 unspecified atom stereocenters. The summed E-state index contributed by atoms with van der Waals surface area (Å²) in [5, 5.41) is 10.4. The van der Waals surface area contributed by atoms with Gasteiger partial charge in [0.2, 0.25) is 0 Å². The zero-order chi connectivity index (χ0) is 14.0. The molecule has 104 valence electrons. The summed E-state index contributed by atoms with van der Waals surface area (Å²) >= 11 is 0. The molecule has 1 saturated carbocycles. The topological polar surface area (TPSA) is 40.5 Å². The largest absolute Gasteiger partial charge is 0.388 e. The van der Waals surface area contributed by atoms with Gasteiger partial charge in [-0.05, 0) is 38.3 Å². The highest BCUT2D eigenvalue weighted by molar-refractivity contribution is 5.95. The van der Waals surface area contributed by atoms with Crippen molar-refractivity contribution in [1.29, 1.82) is 0 Å².